The smallest absolute Gasteiger partial charge is 0.234 e. The van der Waals surface area contributed by atoms with Crippen molar-refractivity contribution in [1.82, 2.24) is 19.4 Å². The van der Waals surface area contributed by atoms with Gasteiger partial charge in [0.1, 0.15) is 0 Å². The number of benzene rings is 1. The summed E-state index contributed by atoms with van der Waals surface area (Å²) in [4.78, 5) is 16.8. The minimum Gasteiger partial charge on any atom is -0.352 e. The number of carbonyl (C=O) groups excluding carboxylic acids is 1. The van der Waals surface area contributed by atoms with E-state index >= 15 is 0 Å². The van der Waals surface area contributed by atoms with Crippen molar-refractivity contribution in [2.45, 2.75) is 31.6 Å². The minimum atomic E-state index is -3.32. The zero-order valence-corrected chi connectivity index (χ0v) is 17.5. The lowest BCUT2D eigenvalue weighted by Crippen LogP contribution is -2.52. The molecule has 2 fully saturated rings. The fourth-order valence-electron chi connectivity index (χ4n) is 3.91. The third kappa shape index (κ3) is 6.01. The largest absolute Gasteiger partial charge is 0.352 e. The van der Waals surface area contributed by atoms with Crippen molar-refractivity contribution in [2.24, 2.45) is 0 Å². The van der Waals surface area contributed by atoms with Crippen molar-refractivity contribution in [1.29, 1.82) is 0 Å². The number of likely N-dealkylation sites (tertiary alicyclic amines) is 1. The Hall–Kier alpha value is -1.48. The number of hydrogen-bond acceptors (Lipinski definition) is 5. The van der Waals surface area contributed by atoms with Crippen LogP contribution in [0, 0.1) is 0 Å². The Balaban J connectivity index is 1.40. The van der Waals surface area contributed by atoms with E-state index < -0.39 is 10.0 Å². The molecule has 2 aliphatic rings. The van der Waals surface area contributed by atoms with Gasteiger partial charge < -0.3 is 10.2 Å². The zero-order chi connectivity index (χ0) is 20.0. The Morgan fingerprint density at radius 2 is 1.64 bits per heavy atom. The van der Waals surface area contributed by atoms with Crippen LogP contribution in [-0.2, 0) is 20.6 Å². The van der Waals surface area contributed by atoms with Crippen LogP contribution in [0.5, 0.6) is 0 Å². The van der Waals surface area contributed by atoms with Crippen molar-refractivity contribution >= 4 is 15.9 Å². The second kappa shape index (κ2) is 9.82. The predicted molar refractivity (Wildman–Crippen MR) is 110 cm³/mol. The predicted octanol–water partition coefficient (Wildman–Crippen LogP) is 0.735. The molecule has 0 atom stereocenters. The molecule has 2 heterocycles. The topological polar surface area (TPSA) is 73.0 Å². The first-order valence-electron chi connectivity index (χ1n) is 10.2. The normalized spacial score (nSPS) is 20.9. The molecule has 2 saturated heterocycles. The van der Waals surface area contributed by atoms with Crippen LogP contribution in [0.25, 0.3) is 0 Å². The van der Waals surface area contributed by atoms with Crippen molar-refractivity contribution in [3.05, 3.63) is 35.9 Å². The van der Waals surface area contributed by atoms with E-state index in [2.05, 4.69) is 17.1 Å². The van der Waals surface area contributed by atoms with Crippen LogP contribution in [0.15, 0.2) is 30.3 Å². The quantitative estimate of drug-likeness (QED) is 0.720. The van der Waals surface area contributed by atoms with Gasteiger partial charge >= 0.3 is 0 Å². The molecule has 3 rings (SSSR count). The highest BCUT2D eigenvalue weighted by Crippen LogP contribution is 2.14. The van der Waals surface area contributed by atoms with E-state index in [0.717, 1.165) is 38.0 Å². The molecule has 1 N–H and O–H groups in total. The molecule has 1 aromatic carbocycles. The molecule has 8 heteroatoms. The van der Waals surface area contributed by atoms with Gasteiger partial charge in [0.25, 0.3) is 0 Å². The van der Waals surface area contributed by atoms with Crippen LogP contribution in [0.2, 0.25) is 0 Å². The van der Waals surface area contributed by atoms with Gasteiger partial charge in [0.05, 0.1) is 12.3 Å². The number of carbonyl (C=O) groups is 1. The van der Waals surface area contributed by atoms with Crippen LogP contribution >= 0.6 is 0 Å². The number of nitrogens with zero attached hydrogens (tertiary/aromatic N) is 3. The van der Waals surface area contributed by atoms with Crippen LogP contribution in [0.3, 0.4) is 0 Å². The molecule has 7 nitrogen and oxygen atoms in total. The summed E-state index contributed by atoms with van der Waals surface area (Å²) in [5.74, 6) is 0.0840. The summed E-state index contributed by atoms with van der Waals surface area (Å²) in [7, 11) is -3.32. The van der Waals surface area contributed by atoms with Gasteiger partial charge in [0, 0.05) is 45.3 Å². The maximum Gasteiger partial charge on any atom is 0.234 e. The molecular formula is C20H32N4O3S. The van der Waals surface area contributed by atoms with Gasteiger partial charge in [-0.1, -0.05) is 37.3 Å². The Bertz CT molecular complexity index is 725. The highest BCUT2D eigenvalue weighted by atomic mass is 32.2. The summed E-state index contributed by atoms with van der Waals surface area (Å²) < 4.78 is 26.8. The van der Waals surface area contributed by atoms with Crippen LogP contribution < -0.4 is 5.32 Å². The number of rotatable bonds is 7. The molecule has 0 spiro atoms. The monoisotopic (exact) mass is 408 g/mol. The molecule has 1 aromatic rings. The summed E-state index contributed by atoms with van der Waals surface area (Å²) in [5, 5.41) is 3.15. The first-order chi connectivity index (χ1) is 13.5. The Kier molecular flexibility index (Phi) is 7.45. The molecular weight excluding hydrogens is 376 g/mol. The van der Waals surface area contributed by atoms with E-state index in [1.54, 1.807) is 4.31 Å². The highest BCUT2D eigenvalue weighted by Gasteiger charge is 2.28. The van der Waals surface area contributed by atoms with Crippen molar-refractivity contribution < 1.29 is 13.2 Å². The fraction of sp³-hybridized carbons (Fsp3) is 0.650. The van der Waals surface area contributed by atoms with E-state index in [1.807, 2.05) is 35.2 Å². The maximum atomic E-state index is 12.6. The molecule has 28 heavy (non-hydrogen) atoms. The van der Waals surface area contributed by atoms with E-state index in [0.29, 0.717) is 32.7 Å². The highest BCUT2D eigenvalue weighted by molar-refractivity contribution is 7.88. The number of piperidine rings is 1. The lowest BCUT2D eigenvalue weighted by molar-refractivity contribution is -0.123. The molecule has 156 valence electrons. The molecule has 0 unspecified atom stereocenters. The summed E-state index contributed by atoms with van der Waals surface area (Å²) in [6, 6.07) is 9.53. The summed E-state index contributed by atoms with van der Waals surface area (Å²) in [6.07, 6.45) is 2.01. The second-order valence-corrected chi connectivity index (χ2v) is 9.66. The van der Waals surface area contributed by atoms with E-state index in [4.69, 9.17) is 0 Å². The first kappa shape index (κ1) is 21.2. The number of piperazine rings is 1. The fourth-order valence-corrected chi connectivity index (χ4v) is 5.43. The molecule has 0 bridgehead atoms. The molecule has 0 aromatic heterocycles. The van der Waals surface area contributed by atoms with E-state index in [1.165, 1.54) is 0 Å². The number of hydrogen-bond donors (Lipinski definition) is 1. The van der Waals surface area contributed by atoms with Gasteiger partial charge in [-0.2, -0.15) is 4.31 Å². The van der Waals surface area contributed by atoms with Gasteiger partial charge in [-0.15, -0.1) is 0 Å². The van der Waals surface area contributed by atoms with Gasteiger partial charge in [0.2, 0.25) is 15.9 Å². The van der Waals surface area contributed by atoms with Crippen molar-refractivity contribution in [3.63, 3.8) is 0 Å². The third-order valence-corrected chi connectivity index (χ3v) is 7.53. The molecule has 0 radical (unpaired) electrons. The standard InChI is InChI=1S/C20H32N4O3S/c1-2-22-10-8-19(9-11-22)21-20(25)16-23-12-14-24(15-13-23)28(26,27)17-18-6-4-3-5-7-18/h3-7,19H,2,8-17H2,1H3,(H,21,25). The lowest BCUT2D eigenvalue weighted by atomic mass is 10.1. The van der Waals surface area contributed by atoms with E-state index in [9.17, 15) is 13.2 Å². The first-order valence-corrected chi connectivity index (χ1v) is 11.8. The maximum absolute atomic E-state index is 12.6. The average molecular weight is 409 g/mol. The molecule has 1 amide bonds. The summed E-state index contributed by atoms with van der Waals surface area (Å²) >= 11 is 0. The average Bonchev–Trinajstić information content (AvgIpc) is 2.69. The Morgan fingerprint density at radius 3 is 2.25 bits per heavy atom. The van der Waals surface area contributed by atoms with Gasteiger partial charge in [-0.05, 0) is 24.9 Å². The second-order valence-electron chi connectivity index (χ2n) is 7.69. The lowest BCUT2D eigenvalue weighted by Gasteiger charge is -2.35. The molecule has 0 saturated carbocycles. The summed E-state index contributed by atoms with van der Waals surface area (Å²) in [6.45, 7) is 7.73. The minimum absolute atomic E-state index is 0.0325. The molecule has 2 aliphatic heterocycles. The molecule has 0 aliphatic carbocycles. The number of amides is 1. The SMILES string of the molecule is CCN1CCC(NC(=O)CN2CCN(S(=O)(=O)Cc3ccccc3)CC2)CC1. The van der Waals surface area contributed by atoms with Gasteiger partial charge in [-0.25, -0.2) is 8.42 Å². The third-order valence-electron chi connectivity index (χ3n) is 5.68. The van der Waals surface area contributed by atoms with Crippen molar-refractivity contribution in [3.8, 4) is 0 Å². The van der Waals surface area contributed by atoms with Crippen molar-refractivity contribution in [2.75, 3.05) is 52.4 Å². The zero-order valence-electron chi connectivity index (χ0n) is 16.7. The number of nitrogens with one attached hydrogen (secondary N) is 1. The van der Waals surface area contributed by atoms with E-state index in [-0.39, 0.29) is 17.7 Å². The van der Waals surface area contributed by atoms with Crippen LogP contribution in [-0.4, -0.2) is 86.8 Å². The summed E-state index contributed by atoms with van der Waals surface area (Å²) in [5.41, 5.74) is 0.804. The van der Waals surface area contributed by atoms with Crippen LogP contribution in [0.4, 0.5) is 0 Å². The van der Waals surface area contributed by atoms with Gasteiger partial charge in [0.15, 0.2) is 0 Å². The number of sulfonamides is 1. The Labute approximate surface area is 168 Å². The van der Waals surface area contributed by atoms with Gasteiger partial charge in [-0.3, -0.25) is 9.69 Å². The van der Waals surface area contributed by atoms with Crippen LogP contribution in [0.1, 0.15) is 25.3 Å². The Morgan fingerprint density at radius 1 is 1.00 bits per heavy atom.